The molecule has 39 heavy (non-hydrogen) atoms. The third-order valence-electron chi connectivity index (χ3n) is 6.73. The molecule has 0 unspecified atom stereocenters. The molecule has 0 heterocycles. The number of aryl methyl sites for hydroxylation is 1. The Balaban J connectivity index is 1.53. The second-order valence-electron chi connectivity index (χ2n) is 9.43. The van der Waals surface area contributed by atoms with Crippen molar-refractivity contribution in [1.29, 1.82) is 5.53 Å². The number of anilines is 1. The first kappa shape index (κ1) is 27.3. The zero-order chi connectivity index (χ0) is 27.6. The highest BCUT2D eigenvalue weighted by atomic mass is 16.2. The number of benzene rings is 3. The maximum atomic E-state index is 13.5. The molecule has 9 heteroatoms. The lowest BCUT2D eigenvalue weighted by Crippen LogP contribution is -2.39. The fourth-order valence-corrected chi connectivity index (χ4v) is 4.52. The molecule has 1 aliphatic carbocycles. The maximum absolute atomic E-state index is 13.5. The third kappa shape index (κ3) is 7.38. The number of nitrogens with one attached hydrogen (secondary N) is 3. The van der Waals surface area contributed by atoms with Gasteiger partial charge < -0.3 is 11.1 Å². The number of hydrogen-bond donors (Lipinski definition) is 4. The molecular formula is C30H33N7O2. The second-order valence-corrected chi connectivity index (χ2v) is 9.43. The molecule has 0 saturated heterocycles. The number of nitrogens with two attached hydrogens (primary N) is 1. The van der Waals surface area contributed by atoms with Crippen LogP contribution in [-0.2, 0) is 13.1 Å². The first-order valence-electron chi connectivity index (χ1n) is 12.9. The van der Waals surface area contributed by atoms with Crippen LogP contribution in [0.3, 0.4) is 0 Å². The molecule has 3 aromatic carbocycles. The van der Waals surface area contributed by atoms with Gasteiger partial charge in [0.2, 0.25) is 5.96 Å². The number of carbonyl (C=O) groups is 2. The number of nitrogens with zero attached hydrogens (tertiary/aromatic N) is 3. The Hall–Kier alpha value is -4.79. The van der Waals surface area contributed by atoms with E-state index in [1.54, 1.807) is 29.2 Å². The Morgan fingerprint density at radius 3 is 2.41 bits per heavy atom. The van der Waals surface area contributed by atoms with Crippen molar-refractivity contribution in [2.24, 2.45) is 16.1 Å². The molecule has 3 amide bonds. The topological polar surface area (TPSA) is 136 Å². The summed E-state index contributed by atoms with van der Waals surface area (Å²) in [5, 5.41) is 11.5. The first-order chi connectivity index (χ1) is 18.9. The predicted octanol–water partition coefficient (Wildman–Crippen LogP) is 5.86. The van der Waals surface area contributed by atoms with Gasteiger partial charge in [-0.15, -0.1) is 0 Å². The summed E-state index contributed by atoms with van der Waals surface area (Å²) in [6.45, 7) is 2.75. The minimum atomic E-state index is -0.466. The number of carbonyl (C=O) groups excluding carboxylic acids is 2. The van der Waals surface area contributed by atoms with E-state index in [-0.39, 0.29) is 12.0 Å². The summed E-state index contributed by atoms with van der Waals surface area (Å²) in [4.78, 5) is 27.5. The van der Waals surface area contributed by atoms with Gasteiger partial charge in [0, 0.05) is 17.8 Å². The molecule has 3 aromatic rings. The van der Waals surface area contributed by atoms with Gasteiger partial charge >= 0.3 is 6.03 Å². The summed E-state index contributed by atoms with van der Waals surface area (Å²) >= 11 is 0. The van der Waals surface area contributed by atoms with Crippen molar-refractivity contribution < 1.29 is 9.59 Å². The van der Waals surface area contributed by atoms with E-state index in [0.717, 1.165) is 35.2 Å². The highest BCUT2D eigenvalue weighted by Gasteiger charge is 2.18. The van der Waals surface area contributed by atoms with Crippen LogP contribution in [0.4, 0.5) is 10.5 Å². The van der Waals surface area contributed by atoms with Crippen LogP contribution in [0.2, 0.25) is 0 Å². The van der Waals surface area contributed by atoms with Crippen molar-refractivity contribution in [2.45, 2.75) is 45.7 Å². The number of urea groups is 1. The van der Waals surface area contributed by atoms with E-state index in [0.29, 0.717) is 18.7 Å². The molecule has 0 aliphatic heterocycles. The van der Waals surface area contributed by atoms with Gasteiger partial charge in [-0.2, -0.15) is 5.53 Å². The summed E-state index contributed by atoms with van der Waals surface area (Å²) in [6, 6.07) is 22.8. The number of allylic oxidation sites excluding steroid dienone is 2. The molecule has 4 rings (SSSR count). The van der Waals surface area contributed by atoms with Crippen LogP contribution in [0.5, 0.6) is 0 Å². The molecule has 0 radical (unpaired) electrons. The molecule has 0 saturated carbocycles. The van der Waals surface area contributed by atoms with Crippen molar-refractivity contribution in [2.75, 3.05) is 4.90 Å². The number of guanidine groups is 1. The summed E-state index contributed by atoms with van der Waals surface area (Å²) in [5.41, 5.74) is 18.9. The SMILES string of the molecule is Cc1ccccc1CNC(=O)N(Cc1ccc(C(=O)NC(N)=NN=N)cc1)c1ccc(C2=CCCCC2)cc1. The lowest BCUT2D eigenvalue weighted by Gasteiger charge is -2.24. The molecule has 0 fully saturated rings. The molecular weight excluding hydrogens is 490 g/mol. The fourth-order valence-electron chi connectivity index (χ4n) is 4.52. The number of hydrogen-bond acceptors (Lipinski definition) is 4. The molecule has 0 atom stereocenters. The van der Waals surface area contributed by atoms with Gasteiger partial charge in [-0.05, 0) is 89.9 Å². The van der Waals surface area contributed by atoms with Crippen molar-refractivity contribution in [3.05, 3.63) is 107 Å². The maximum Gasteiger partial charge on any atom is 0.322 e. The van der Waals surface area contributed by atoms with E-state index < -0.39 is 5.91 Å². The van der Waals surface area contributed by atoms with Crippen molar-refractivity contribution in [3.63, 3.8) is 0 Å². The lowest BCUT2D eigenvalue weighted by molar-refractivity contribution is 0.0976. The summed E-state index contributed by atoms with van der Waals surface area (Å²) in [5.74, 6) is -0.727. The van der Waals surface area contributed by atoms with Gasteiger partial charge in [0.15, 0.2) is 0 Å². The van der Waals surface area contributed by atoms with Crippen LogP contribution in [0.1, 0.15) is 58.3 Å². The molecule has 1 aliphatic rings. The first-order valence-corrected chi connectivity index (χ1v) is 12.9. The molecule has 5 N–H and O–H groups in total. The summed E-state index contributed by atoms with van der Waals surface area (Å²) in [7, 11) is 0. The largest absolute Gasteiger partial charge is 0.368 e. The van der Waals surface area contributed by atoms with Crippen molar-refractivity contribution in [1.82, 2.24) is 10.6 Å². The molecule has 9 nitrogen and oxygen atoms in total. The van der Waals surface area contributed by atoms with Crippen molar-refractivity contribution in [3.8, 4) is 0 Å². The monoisotopic (exact) mass is 523 g/mol. The van der Waals surface area contributed by atoms with Gasteiger partial charge in [-0.25, -0.2) is 4.79 Å². The van der Waals surface area contributed by atoms with E-state index in [4.69, 9.17) is 11.3 Å². The second kappa shape index (κ2) is 13.1. The zero-order valence-electron chi connectivity index (χ0n) is 22.0. The van der Waals surface area contributed by atoms with Crippen LogP contribution >= 0.6 is 0 Å². The highest BCUT2D eigenvalue weighted by molar-refractivity contribution is 6.05. The Labute approximate surface area is 228 Å². The summed E-state index contributed by atoms with van der Waals surface area (Å²) in [6.07, 6.45) is 6.93. The van der Waals surface area contributed by atoms with Gasteiger partial charge in [-0.3, -0.25) is 15.0 Å². The Kier molecular flexibility index (Phi) is 9.18. The normalized spacial score (nSPS) is 13.3. The average molecular weight is 524 g/mol. The van der Waals surface area contributed by atoms with E-state index >= 15 is 0 Å². The number of amides is 3. The van der Waals surface area contributed by atoms with Crippen LogP contribution in [0, 0.1) is 12.5 Å². The van der Waals surface area contributed by atoms with Gasteiger partial charge in [-0.1, -0.05) is 59.7 Å². The Morgan fingerprint density at radius 2 is 1.74 bits per heavy atom. The minimum Gasteiger partial charge on any atom is -0.368 e. The van der Waals surface area contributed by atoms with E-state index in [1.165, 1.54) is 24.0 Å². The van der Waals surface area contributed by atoms with E-state index in [9.17, 15) is 9.59 Å². The Bertz CT molecular complexity index is 1380. The molecule has 0 bridgehead atoms. The minimum absolute atomic E-state index is 0.215. The van der Waals surface area contributed by atoms with Crippen molar-refractivity contribution >= 4 is 29.2 Å². The zero-order valence-corrected chi connectivity index (χ0v) is 22.0. The Morgan fingerprint density at radius 1 is 1.00 bits per heavy atom. The van der Waals surface area contributed by atoms with Gasteiger partial charge in [0.05, 0.1) is 6.54 Å². The summed E-state index contributed by atoms with van der Waals surface area (Å²) < 4.78 is 0. The smallest absolute Gasteiger partial charge is 0.322 e. The van der Waals surface area contributed by atoms with Crippen LogP contribution in [0.25, 0.3) is 5.57 Å². The van der Waals surface area contributed by atoms with Crippen LogP contribution < -0.4 is 21.3 Å². The quantitative estimate of drug-likeness (QED) is 0.127. The van der Waals surface area contributed by atoms with Crippen LogP contribution in [0.15, 0.2) is 89.2 Å². The van der Waals surface area contributed by atoms with E-state index in [1.807, 2.05) is 43.3 Å². The highest BCUT2D eigenvalue weighted by Crippen LogP contribution is 2.28. The molecule has 0 aromatic heterocycles. The molecule has 0 spiro atoms. The number of rotatable bonds is 8. The standard InChI is InChI=1S/C30H33N7O2/c1-21-7-5-6-10-26(21)19-33-30(39)37(27-17-15-24(16-18-27)23-8-3-2-4-9-23)20-22-11-13-25(14-12-22)28(38)34-29(31)35-36-32/h5-8,10-18H,2-4,9,19-20H2,1H3,(H,33,39)(H4,31,32,34,35,38). The third-order valence-corrected chi connectivity index (χ3v) is 6.73. The van der Waals surface area contributed by atoms with Gasteiger partial charge in [0.25, 0.3) is 5.91 Å². The lowest BCUT2D eigenvalue weighted by atomic mass is 9.93. The predicted molar refractivity (Wildman–Crippen MR) is 153 cm³/mol. The van der Waals surface area contributed by atoms with E-state index in [2.05, 4.69) is 39.2 Å². The average Bonchev–Trinajstić information content (AvgIpc) is 2.96. The van der Waals surface area contributed by atoms with Crippen LogP contribution in [-0.4, -0.2) is 17.9 Å². The fraction of sp³-hybridized carbons (Fsp3) is 0.233. The molecule has 200 valence electrons. The van der Waals surface area contributed by atoms with Gasteiger partial charge in [0.1, 0.15) is 0 Å².